The summed E-state index contributed by atoms with van der Waals surface area (Å²) in [6.07, 6.45) is 0. The zero-order valence-electron chi connectivity index (χ0n) is 18.0. The van der Waals surface area contributed by atoms with Crippen molar-refractivity contribution in [2.45, 2.75) is 13.0 Å². The number of hydrazine groups is 1. The Bertz CT molecular complexity index is 1410. The third-order valence-corrected chi connectivity index (χ3v) is 6.20. The lowest BCUT2D eigenvalue weighted by atomic mass is 10.0. The lowest BCUT2D eigenvalue weighted by Gasteiger charge is -2.34. The molecule has 0 spiro atoms. The van der Waals surface area contributed by atoms with Gasteiger partial charge in [-0.1, -0.05) is 59.6 Å². The minimum Gasteiger partial charge on any atom is -0.292 e. The van der Waals surface area contributed by atoms with Gasteiger partial charge in [-0.2, -0.15) is 5.01 Å². The molecule has 0 N–H and O–H groups in total. The highest BCUT2D eigenvalue weighted by atomic mass is 35.5. The SMILES string of the molecule is C[C@H](C(=O)c1ccccc1)N(C(=O)c1ccc(Cl)c(Cl)c1)N1C(=O)c2cccc([N+](=O)[O-])c2C1=O. The number of nitro benzene ring substituents is 1. The number of rotatable bonds is 6. The number of Topliss-reactive ketones (excluding diaryl/α,β-unsaturated/α-hetero) is 1. The van der Waals surface area contributed by atoms with Crippen LogP contribution in [0.1, 0.15) is 48.4 Å². The number of imide groups is 1. The van der Waals surface area contributed by atoms with Crippen LogP contribution in [-0.2, 0) is 0 Å². The maximum absolute atomic E-state index is 13.6. The largest absolute Gasteiger partial charge is 0.292 e. The van der Waals surface area contributed by atoms with Crippen molar-refractivity contribution in [1.82, 2.24) is 10.0 Å². The molecule has 1 atom stereocenters. The van der Waals surface area contributed by atoms with E-state index in [-0.39, 0.29) is 26.7 Å². The molecule has 0 radical (unpaired) electrons. The predicted octanol–water partition coefficient (Wildman–Crippen LogP) is 4.83. The van der Waals surface area contributed by atoms with Crippen LogP contribution in [0.3, 0.4) is 0 Å². The quantitative estimate of drug-likeness (QED) is 0.202. The molecule has 4 rings (SSSR count). The van der Waals surface area contributed by atoms with Gasteiger partial charge in [0.2, 0.25) is 0 Å². The van der Waals surface area contributed by atoms with Crippen LogP contribution in [0.15, 0.2) is 66.7 Å². The zero-order valence-corrected chi connectivity index (χ0v) is 19.5. The number of nitrogens with zero attached hydrogens (tertiary/aromatic N) is 3. The molecule has 35 heavy (non-hydrogen) atoms. The third kappa shape index (κ3) is 4.16. The molecular formula is C24H15Cl2N3O6. The van der Waals surface area contributed by atoms with E-state index in [0.29, 0.717) is 10.0 Å². The Hall–Kier alpha value is -4.08. The molecule has 0 fully saturated rings. The molecule has 11 heteroatoms. The second-order valence-electron chi connectivity index (χ2n) is 7.56. The van der Waals surface area contributed by atoms with Gasteiger partial charge in [-0.05, 0) is 31.2 Å². The highest BCUT2D eigenvalue weighted by Crippen LogP contribution is 2.33. The van der Waals surface area contributed by atoms with Crippen molar-refractivity contribution in [2.24, 2.45) is 0 Å². The van der Waals surface area contributed by atoms with Crippen LogP contribution in [0.4, 0.5) is 5.69 Å². The van der Waals surface area contributed by atoms with Gasteiger partial charge in [-0.3, -0.25) is 29.3 Å². The number of amides is 3. The second kappa shape index (κ2) is 9.28. The predicted molar refractivity (Wildman–Crippen MR) is 126 cm³/mol. The van der Waals surface area contributed by atoms with Crippen molar-refractivity contribution in [3.63, 3.8) is 0 Å². The molecule has 1 heterocycles. The summed E-state index contributed by atoms with van der Waals surface area (Å²) in [5.41, 5.74) is -1.13. The Morgan fingerprint density at radius 1 is 0.914 bits per heavy atom. The molecule has 1 aliphatic heterocycles. The first-order valence-corrected chi connectivity index (χ1v) is 10.9. The van der Waals surface area contributed by atoms with Crippen molar-refractivity contribution >= 4 is 52.4 Å². The van der Waals surface area contributed by atoms with Crippen molar-refractivity contribution in [3.05, 3.63) is 109 Å². The number of halogens is 2. The van der Waals surface area contributed by atoms with Crippen molar-refractivity contribution < 1.29 is 24.1 Å². The number of nitro groups is 1. The van der Waals surface area contributed by atoms with Gasteiger partial charge in [-0.25, -0.2) is 5.01 Å². The number of hydrogen-bond donors (Lipinski definition) is 0. The van der Waals surface area contributed by atoms with Gasteiger partial charge in [0.05, 0.1) is 20.5 Å². The van der Waals surface area contributed by atoms with Crippen molar-refractivity contribution in [1.29, 1.82) is 0 Å². The molecule has 0 bridgehead atoms. The molecule has 0 saturated heterocycles. The summed E-state index contributed by atoms with van der Waals surface area (Å²) >= 11 is 12.0. The molecule has 0 unspecified atom stereocenters. The topological polar surface area (TPSA) is 118 Å². The van der Waals surface area contributed by atoms with E-state index in [9.17, 15) is 29.3 Å². The molecule has 1 aliphatic rings. The van der Waals surface area contributed by atoms with E-state index in [1.54, 1.807) is 18.2 Å². The Morgan fingerprint density at radius 3 is 2.23 bits per heavy atom. The molecule has 3 aromatic carbocycles. The first-order valence-electron chi connectivity index (χ1n) is 10.2. The summed E-state index contributed by atoms with van der Waals surface area (Å²) in [6, 6.07) is 14.1. The molecule has 3 amide bonds. The summed E-state index contributed by atoms with van der Waals surface area (Å²) < 4.78 is 0. The Balaban J connectivity index is 1.85. The van der Waals surface area contributed by atoms with Gasteiger partial charge >= 0.3 is 0 Å². The van der Waals surface area contributed by atoms with E-state index < -0.39 is 45.7 Å². The van der Waals surface area contributed by atoms with Crippen LogP contribution in [0.25, 0.3) is 0 Å². The summed E-state index contributed by atoms with van der Waals surface area (Å²) in [4.78, 5) is 64.2. The molecule has 0 saturated carbocycles. The number of carbonyl (C=O) groups excluding carboxylic acids is 4. The number of benzene rings is 3. The average Bonchev–Trinajstić information content (AvgIpc) is 3.11. The van der Waals surface area contributed by atoms with Crippen molar-refractivity contribution in [2.75, 3.05) is 0 Å². The highest BCUT2D eigenvalue weighted by molar-refractivity contribution is 6.42. The monoisotopic (exact) mass is 511 g/mol. The Labute approximate surface area is 208 Å². The fraction of sp³-hybridized carbons (Fsp3) is 0.0833. The van der Waals surface area contributed by atoms with Crippen LogP contribution < -0.4 is 0 Å². The normalized spacial score (nSPS) is 13.4. The fourth-order valence-electron chi connectivity index (χ4n) is 3.76. The molecule has 176 valence electrons. The van der Waals surface area contributed by atoms with E-state index in [0.717, 1.165) is 6.07 Å². The Kier molecular flexibility index (Phi) is 6.38. The van der Waals surface area contributed by atoms with E-state index in [2.05, 4.69) is 0 Å². The van der Waals surface area contributed by atoms with Gasteiger partial charge in [0.1, 0.15) is 11.6 Å². The van der Waals surface area contributed by atoms with Gasteiger partial charge < -0.3 is 0 Å². The van der Waals surface area contributed by atoms with E-state index in [4.69, 9.17) is 23.2 Å². The second-order valence-corrected chi connectivity index (χ2v) is 8.38. The maximum Gasteiger partial charge on any atom is 0.287 e. The van der Waals surface area contributed by atoms with Gasteiger partial charge in [0, 0.05) is 17.2 Å². The van der Waals surface area contributed by atoms with E-state index in [1.165, 1.54) is 49.4 Å². The number of carbonyl (C=O) groups is 4. The van der Waals surface area contributed by atoms with Crippen LogP contribution in [-0.4, -0.2) is 44.5 Å². The first kappa shape index (κ1) is 24.1. The van der Waals surface area contributed by atoms with Crippen molar-refractivity contribution in [3.8, 4) is 0 Å². The van der Waals surface area contributed by atoms with Gasteiger partial charge in [0.15, 0.2) is 5.78 Å². The first-order chi connectivity index (χ1) is 16.6. The molecule has 0 aromatic heterocycles. The smallest absolute Gasteiger partial charge is 0.287 e. The third-order valence-electron chi connectivity index (χ3n) is 5.46. The van der Waals surface area contributed by atoms with Gasteiger partial charge in [0.25, 0.3) is 23.4 Å². The van der Waals surface area contributed by atoms with Crippen LogP contribution in [0.5, 0.6) is 0 Å². The highest BCUT2D eigenvalue weighted by Gasteiger charge is 2.48. The average molecular weight is 512 g/mol. The number of fused-ring (bicyclic) bond motifs is 1. The minimum absolute atomic E-state index is 0.0394. The molecular weight excluding hydrogens is 497 g/mol. The van der Waals surface area contributed by atoms with Gasteiger partial charge in [-0.15, -0.1) is 0 Å². The minimum atomic E-state index is -1.35. The van der Waals surface area contributed by atoms with E-state index >= 15 is 0 Å². The van der Waals surface area contributed by atoms with E-state index in [1.807, 2.05) is 0 Å². The summed E-state index contributed by atoms with van der Waals surface area (Å²) in [5.74, 6) is -3.55. The number of hydrogen-bond acceptors (Lipinski definition) is 6. The Morgan fingerprint density at radius 2 is 1.60 bits per heavy atom. The standard InChI is InChI=1S/C24H15Cl2N3O6/c1-13(21(30)14-6-3-2-4-7-14)27(22(31)15-10-11-17(25)18(26)12-15)28-23(32)16-8-5-9-19(29(34)35)20(16)24(28)33/h2-13H,1H3/t13-/m1/s1. The van der Waals surface area contributed by atoms with Crippen LogP contribution in [0.2, 0.25) is 10.0 Å². The summed E-state index contributed by atoms with van der Waals surface area (Å²) in [7, 11) is 0. The maximum atomic E-state index is 13.6. The zero-order chi connectivity index (χ0) is 25.4. The summed E-state index contributed by atoms with van der Waals surface area (Å²) in [6.45, 7) is 1.35. The summed E-state index contributed by atoms with van der Waals surface area (Å²) in [5, 5.41) is 12.9. The molecule has 9 nitrogen and oxygen atoms in total. The lowest BCUT2D eigenvalue weighted by molar-refractivity contribution is -0.385. The molecule has 3 aromatic rings. The van der Waals surface area contributed by atoms with Crippen LogP contribution >= 0.6 is 23.2 Å². The number of ketones is 1. The van der Waals surface area contributed by atoms with Crippen LogP contribution in [0, 0.1) is 10.1 Å². The lowest BCUT2D eigenvalue weighted by Crippen LogP contribution is -2.56. The molecule has 0 aliphatic carbocycles. The fourth-order valence-corrected chi connectivity index (χ4v) is 4.06.